The number of nitrogens with zero attached hydrogens (tertiary/aromatic N) is 1. The number of carbonyl (C=O) groups excluding carboxylic acids is 1. The van der Waals surface area contributed by atoms with Crippen LogP contribution in [0.5, 0.6) is 0 Å². The van der Waals surface area contributed by atoms with E-state index in [2.05, 4.69) is 13.8 Å². The molecule has 3 heteroatoms. The monoisotopic (exact) mass is 211 g/mol. The number of hydrogen-bond acceptors (Lipinski definition) is 2. The van der Waals surface area contributed by atoms with Gasteiger partial charge in [0.25, 0.3) is 0 Å². The lowest BCUT2D eigenvalue weighted by Crippen LogP contribution is -2.39. The highest BCUT2D eigenvalue weighted by atomic mass is 16.3. The number of likely N-dealkylation sites (tertiary alicyclic amines) is 1. The molecule has 1 amide bonds. The second kappa shape index (κ2) is 3.78. The highest BCUT2D eigenvalue weighted by Crippen LogP contribution is 2.43. The Balaban J connectivity index is 2.02. The van der Waals surface area contributed by atoms with E-state index in [1.807, 2.05) is 4.90 Å². The summed E-state index contributed by atoms with van der Waals surface area (Å²) in [6.07, 6.45) is 3.80. The minimum atomic E-state index is -0.293. The molecule has 1 saturated carbocycles. The van der Waals surface area contributed by atoms with Gasteiger partial charge < -0.3 is 10.0 Å². The molecule has 0 aromatic heterocycles. The van der Waals surface area contributed by atoms with Crippen LogP contribution in [0.25, 0.3) is 0 Å². The topological polar surface area (TPSA) is 40.5 Å². The van der Waals surface area contributed by atoms with E-state index in [4.69, 9.17) is 0 Å². The first-order valence-corrected chi connectivity index (χ1v) is 5.97. The van der Waals surface area contributed by atoms with Crippen LogP contribution in [0.1, 0.15) is 39.5 Å². The molecule has 2 aliphatic rings. The van der Waals surface area contributed by atoms with Crippen LogP contribution in [0.15, 0.2) is 0 Å². The van der Waals surface area contributed by atoms with Crippen molar-refractivity contribution in [3.63, 3.8) is 0 Å². The van der Waals surface area contributed by atoms with Crippen molar-refractivity contribution in [3.8, 4) is 0 Å². The molecule has 1 saturated heterocycles. The second-order valence-corrected chi connectivity index (χ2v) is 5.66. The predicted molar refractivity (Wildman–Crippen MR) is 58.3 cm³/mol. The van der Waals surface area contributed by atoms with E-state index in [9.17, 15) is 9.90 Å². The first-order chi connectivity index (χ1) is 7.00. The number of aliphatic hydroxyl groups excluding tert-OH is 1. The van der Waals surface area contributed by atoms with Gasteiger partial charge in [0, 0.05) is 19.0 Å². The Labute approximate surface area is 91.5 Å². The summed E-state index contributed by atoms with van der Waals surface area (Å²) in [5.41, 5.74) is 0.157. The zero-order valence-corrected chi connectivity index (χ0v) is 9.70. The molecular weight excluding hydrogens is 190 g/mol. The average molecular weight is 211 g/mol. The van der Waals surface area contributed by atoms with Crippen LogP contribution in [-0.2, 0) is 4.79 Å². The van der Waals surface area contributed by atoms with Gasteiger partial charge in [-0.1, -0.05) is 20.3 Å². The maximum absolute atomic E-state index is 12.2. The summed E-state index contributed by atoms with van der Waals surface area (Å²) < 4.78 is 0. The Morgan fingerprint density at radius 2 is 2.13 bits per heavy atom. The summed E-state index contributed by atoms with van der Waals surface area (Å²) in [6, 6.07) is 0. The fourth-order valence-electron chi connectivity index (χ4n) is 2.95. The van der Waals surface area contributed by atoms with Crippen molar-refractivity contribution in [1.29, 1.82) is 0 Å². The lowest BCUT2D eigenvalue weighted by Gasteiger charge is -2.29. The van der Waals surface area contributed by atoms with Gasteiger partial charge in [-0.2, -0.15) is 0 Å². The maximum atomic E-state index is 12.2. The number of amides is 1. The van der Waals surface area contributed by atoms with Crippen LogP contribution >= 0.6 is 0 Å². The van der Waals surface area contributed by atoms with E-state index >= 15 is 0 Å². The van der Waals surface area contributed by atoms with Crippen molar-refractivity contribution >= 4 is 5.91 Å². The molecule has 1 N–H and O–H groups in total. The summed E-state index contributed by atoms with van der Waals surface area (Å²) in [4.78, 5) is 14.1. The number of rotatable bonds is 1. The zero-order chi connectivity index (χ0) is 11.1. The van der Waals surface area contributed by atoms with E-state index < -0.39 is 0 Å². The smallest absolute Gasteiger partial charge is 0.226 e. The van der Waals surface area contributed by atoms with Gasteiger partial charge in [-0.15, -0.1) is 0 Å². The molecule has 86 valence electrons. The van der Waals surface area contributed by atoms with Gasteiger partial charge >= 0.3 is 0 Å². The van der Waals surface area contributed by atoms with Crippen molar-refractivity contribution in [3.05, 3.63) is 0 Å². The minimum absolute atomic E-state index is 0.157. The first kappa shape index (κ1) is 10.9. The molecule has 15 heavy (non-hydrogen) atoms. The zero-order valence-electron chi connectivity index (χ0n) is 9.70. The summed E-state index contributed by atoms with van der Waals surface area (Å²) >= 11 is 0. The Hall–Kier alpha value is -0.570. The fraction of sp³-hybridized carbons (Fsp3) is 0.917. The van der Waals surface area contributed by atoms with Crippen molar-refractivity contribution in [1.82, 2.24) is 4.90 Å². The van der Waals surface area contributed by atoms with Crippen LogP contribution in [0.4, 0.5) is 0 Å². The van der Waals surface area contributed by atoms with E-state index in [1.165, 1.54) is 6.42 Å². The third kappa shape index (κ3) is 2.03. The SMILES string of the molecule is CC1(C)CCCC1C(=O)N1CC[C@@H](O)C1. The average Bonchev–Trinajstić information content (AvgIpc) is 2.70. The van der Waals surface area contributed by atoms with Crippen LogP contribution in [0.2, 0.25) is 0 Å². The molecule has 1 heterocycles. The molecule has 2 atom stereocenters. The van der Waals surface area contributed by atoms with Gasteiger partial charge in [0.2, 0.25) is 5.91 Å². The van der Waals surface area contributed by atoms with Crippen LogP contribution in [0, 0.1) is 11.3 Å². The van der Waals surface area contributed by atoms with Crippen LogP contribution in [-0.4, -0.2) is 35.1 Å². The number of aliphatic hydroxyl groups is 1. The molecule has 0 aromatic carbocycles. The molecule has 2 fully saturated rings. The van der Waals surface area contributed by atoms with E-state index in [0.717, 1.165) is 25.8 Å². The minimum Gasteiger partial charge on any atom is -0.391 e. The van der Waals surface area contributed by atoms with Gasteiger partial charge in [0.05, 0.1) is 6.10 Å². The largest absolute Gasteiger partial charge is 0.391 e. The molecule has 0 bridgehead atoms. The van der Waals surface area contributed by atoms with Crippen molar-refractivity contribution in [2.75, 3.05) is 13.1 Å². The Bertz CT molecular complexity index is 262. The van der Waals surface area contributed by atoms with Gasteiger partial charge in [-0.3, -0.25) is 4.79 Å². The fourth-order valence-corrected chi connectivity index (χ4v) is 2.95. The molecule has 0 radical (unpaired) electrons. The van der Waals surface area contributed by atoms with Gasteiger partial charge in [-0.05, 0) is 24.7 Å². The number of β-amino-alcohol motifs (C(OH)–C–C–N with tert-alkyl or cyclic N) is 1. The molecule has 2 rings (SSSR count). The molecule has 0 spiro atoms. The standard InChI is InChI=1S/C12H21NO2/c1-12(2)6-3-4-10(12)11(15)13-7-5-9(14)8-13/h9-10,14H,3-8H2,1-2H3/t9-,10?/m1/s1. The molecule has 1 aliphatic carbocycles. The van der Waals surface area contributed by atoms with Gasteiger partial charge in [0.1, 0.15) is 0 Å². The highest BCUT2D eigenvalue weighted by Gasteiger charge is 2.42. The molecule has 0 aromatic rings. The van der Waals surface area contributed by atoms with Crippen molar-refractivity contribution in [2.24, 2.45) is 11.3 Å². The van der Waals surface area contributed by atoms with Crippen molar-refractivity contribution in [2.45, 2.75) is 45.6 Å². The third-order valence-electron chi connectivity index (χ3n) is 4.03. The molecule has 1 aliphatic heterocycles. The lowest BCUT2D eigenvalue weighted by atomic mass is 9.81. The lowest BCUT2D eigenvalue weighted by molar-refractivity contribution is -0.137. The third-order valence-corrected chi connectivity index (χ3v) is 4.03. The van der Waals surface area contributed by atoms with E-state index in [-0.39, 0.29) is 23.3 Å². The Morgan fingerprint density at radius 3 is 2.60 bits per heavy atom. The van der Waals surface area contributed by atoms with E-state index in [0.29, 0.717) is 6.54 Å². The van der Waals surface area contributed by atoms with Gasteiger partial charge in [-0.25, -0.2) is 0 Å². The first-order valence-electron chi connectivity index (χ1n) is 5.97. The summed E-state index contributed by atoms with van der Waals surface area (Å²) in [5, 5.41) is 9.43. The normalized spacial score (nSPS) is 34.7. The maximum Gasteiger partial charge on any atom is 0.226 e. The molecule has 3 nitrogen and oxygen atoms in total. The highest BCUT2D eigenvalue weighted by molar-refractivity contribution is 5.80. The van der Waals surface area contributed by atoms with E-state index in [1.54, 1.807) is 0 Å². The Kier molecular flexibility index (Phi) is 2.75. The molecule has 1 unspecified atom stereocenters. The number of hydrogen-bond donors (Lipinski definition) is 1. The summed E-state index contributed by atoms with van der Waals surface area (Å²) in [7, 11) is 0. The summed E-state index contributed by atoms with van der Waals surface area (Å²) in [6.45, 7) is 5.67. The second-order valence-electron chi connectivity index (χ2n) is 5.66. The summed E-state index contributed by atoms with van der Waals surface area (Å²) in [5.74, 6) is 0.455. The Morgan fingerprint density at radius 1 is 1.40 bits per heavy atom. The van der Waals surface area contributed by atoms with Gasteiger partial charge in [0.15, 0.2) is 0 Å². The predicted octanol–water partition coefficient (Wildman–Crippen LogP) is 1.41. The number of carbonyl (C=O) groups is 1. The quantitative estimate of drug-likeness (QED) is 0.712. The van der Waals surface area contributed by atoms with Crippen LogP contribution in [0.3, 0.4) is 0 Å². The van der Waals surface area contributed by atoms with Crippen LogP contribution < -0.4 is 0 Å². The molecular formula is C12H21NO2. The van der Waals surface area contributed by atoms with Crippen molar-refractivity contribution < 1.29 is 9.90 Å².